The van der Waals surface area contributed by atoms with Crippen molar-refractivity contribution in [3.8, 4) is 6.07 Å². The van der Waals surface area contributed by atoms with Crippen LogP contribution in [-0.2, 0) is 19.8 Å². The Balaban J connectivity index is 1.42. The van der Waals surface area contributed by atoms with Gasteiger partial charge in [-0.15, -0.1) is 0 Å². The van der Waals surface area contributed by atoms with Crippen molar-refractivity contribution in [2.45, 2.75) is 83.1 Å². The molecule has 2 fully saturated rings. The van der Waals surface area contributed by atoms with E-state index in [0.717, 1.165) is 18.8 Å². The highest BCUT2D eigenvalue weighted by Crippen LogP contribution is 2.37. The topological polar surface area (TPSA) is 125 Å². The summed E-state index contributed by atoms with van der Waals surface area (Å²) in [6.45, 7) is 10.0. The summed E-state index contributed by atoms with van der Waals surface area (Å²) in [5, 5.41) is 18.3. The monoisotopic (exact) mass is 546 g/mol. The van der Waals surface area contributed by atoms with Gasteiger partial charge in [0.2, 0.25) is 0 Å². The number of H-pyrrole nitrogens is 1. The molecule has 2 N–H and O–H groups in total. The van der Waals surface area contributed by atoms with Crippen LogP contribution in [0.25, 0.3) is 10.9 Å². The van der Waals surface area contributed by atoms with Gasteiger partial charge >= 0.3 is 5.97 Å². The fraction of sp³-hybridized carbons (Fsp3) is 0.533. The van der Waals surface area contributed by atoms with Gasteiger partial charge < -0.3 is 19.8 Å². The Morgan fingerprint density at radius 1 is 1.27 bits per heavy atom. The fourth-order valence-electron chi connectivity index (χ4n) is 5.74. The molecule has 0 spiro atoms. The van der Waals surface area contributed by atoms with E-state index in [1.807, 2.05) is 32.9 Å². The number of anilines is 2. The smallest absolute Gasteiger partial charge is 0.335 e. The molecular weight excluding hydrogens is 508 g/mol. The van der Waals surface area contributed by atoms with E-state index in [0.29, 0.717) is 35.6 Å². The average Bonchev–Trinajstić information content (AvgIpc) is 3.58. The van der Waals surface area contributed by atoms with Gasteiger partial charge in [0.05, 0.1) is 30.2 Å². The van der Waals surface area contributed by atoms with Crippen LogP contribution in [0.2, 0.25) is 0 Å². The third-order valence-electron chi connectivity index (χ3n) is 7.90. The van der Waals surface area contributed by atoms with Crippen LogP contribution in [0.15, 0.2) is 41.3 Å². The van der Waals surface area contributed by atoms with Crippen LogP contribution in [0.5, 0.6) is 0 Å². The Bertz CT molecular complexity index is 1450. The highest BCUT2D eigenvalue weighted by molar-refractivity contribution is 5.91. The van der Waals surface area contributed by atoms with E-state index in [2.05, 4.69) is 40.3 Å². The first-order valence-corrected chi connectivity index (χ1v) is 14.0. The summed E-state index contributed by atoms with van der Waals surface area (Å²) in [6, 6.07) is 12.6. The number of carbonyl (C=O) groups excluding carboxylic acids is 1. The van der Waals surface area contributed by atoms with E-state index in [9.17, 15) is 14.9 Å². The number of nitrogens with one attached hydrogen (secondary N) is 2. The third-order valence-corrected chi connectivity index (χ3v) is 7.90. The summed E-state index contributed by atoms with van der Waals surface area (Å²) >= 11 is 0. The van der Waals surface area contributed by atoms with Crippen molar-refractivity contribution in [2.24, 2.45) is 0 Å². The molecule has 2 aliphatic heterocycles. The van der Waals surface area contributed by atoms with E-state index in [-0.39, 0.29) is 18.6 Å². The number of nitrogens with zero attached hydrogens (tertiary/aromatic N) is 4. The number of pyridine rings is 1. The van der Waals surface area contributed by atoms with E-state index in [1.165, 1.54) is 18.4 Å². The van der Waals surface area contributed by atoms with Crippen molar-refractivity contribution in [2.75, 3.05) is 25.0 Å². The summed E-state index contributed by atoms with van der Waals surface area (Å²) in [5.41, 5.74) is 0.917. The molecule has 5 rings (SSSR count). The van der Waals surface area contributed by atoms with Gasteiger partial charge in [-0.3, -0.25) is 14.4 Å². The molecule has 212 valence electrons. The molecule has 2 aromatic heterocycles. The average molecular weight is 547 g/mol. The van der Waals surface area contributed by atoms with Gasteiger partial charge in [-0.2, -0.15) is 10.4 Å². The zero-order valence-electron chi connectivity index (χ0n) is 23.7. The molecule has 0 aliphatic carbocycles. The second kappa shape index (κ2) is 11.1. The molecule has 0 radical (unpaired) electrons. The van der Waals surface area contributed by atoms with Crippen LogP contribution in [0.1, 0.15) is 71.4 Å². The highest BCUT2D eigenvalue weighted by Gasteiger charge is 2.43. The number of rotatable bonds is 7. The number of aromatic amines is 1. The number of ether oxygens (including phenoxy) is 2. The van der Waals surface area contributed by atoms with Crippen molar-refractivity contribution in [1.29, 1.82) is 5.26 Å². The molecule has 2 aliphatic rings. The van der Waals surface area contributed by atoms with Gasteiger partial charge in [-0.25, -0.2) is 4.79 Å². The first kappa shape index (κ1) is 27.9. The van der Waals surface area contributed by atoms with Crippen molar-refractivity contribution in [3.63, 3.8) is 0 Å². The number of esters is 1. The second-order valence-corrected chi connectivity index (χ2v) is 11.9. The zero-order chi connectivity index (χ0) is 28.5. The number of hydrogen-bond donors (Lipinski definition) is 2. The maximum Gasteiger partial charge on any atom is 0.335 e. The first-order chi connectivity index (χ1) is 19.1. The summed E-state index contributed by atoms with van der Waals surface area (Å²) in [4.78, 5) is 30.9. The van der Waals surface area contributed by atoms with E-state index >= 15 is 0 Å². The lowest BCUT2D eigenvalue weighted by atomic mass is 9.87. The van der Waals surface area contributed by atoms with Crippen molar-refractivity contribution in [1.82, 2.24) is 19.7 Å². The Labute approximate surface area is 234 Å². The van der Waals surface area contributed by atoms with Gasteiger partial charge in [-0.1, -0.05) is 12.1 Å². The minimum Gasteiger partial charge on any atom is -0.458 e. The Morgan fingerprint density at radius 3 is 2.62 bits per heavy atom. The SMILES string of the molecule is C[C@H](c1ccc(Nc2nn([C@]3(CC#N)CC[C@@H](C(=O)OC(C)(C)C)OC3)c3cc[nH]c(=O)c23)cc1)N1CCCC1. The van der Waals surface area contributed by atoms with Gasteiger partial charge in [0.25, 0.3) is 5.56 Å². The van der Waals surface area contributed by atoms with Crippen molar-refractivity contribution >= 4 is 28.4 Å². The number of benzene rings is 1. The molecular formula is C30H38N6O4. The molecule has 0 saturated carbocycles. The number of fused-ring (bicyclic) bond motifs is 1. The number of hydrogen-bond acceptors (Lipinski definition) is 8. The Kier molecular flexibility index (Phi) is 7.71. The molecule has 40 heavy (non-hydrogen) atoms. The molecule has 10 nitrogen and oxygen atoms in total. The maximum atomic E-state index is 13.0. The van der Waals surface area contributed by atoms with Gasteiger partial charge in [0, 0.05) is 17.9 Å². The van der Waals surface area contributed by atoms with Crippen LogP contribution >= 0.6 is 0 Å². The molecule has 0 unspecified atom stereocenters. The summed E-state index contributed by atoms with van der Waals surface area (Å²) in [7, 11) is 0. The van der Waals surface area contributed by atoms with Crippen molar-refractivity contribution < 1.29 is 14.3 Å². The second-order valence-electron chi connectivity index (χ2n) is 11.9. The highest BCUT2D eigenvalue weighted by atomic mass is 16.6. The molecule has 10 heteroatoms. The molecule has 2 saturated heterocycles. The summed E-state index contributed by atoms with van der Waals surface area (Å²) < 4.78 is 13.2. The van der Waals surface area contributed by atoms with Crippen LogP contribution in [0.3, 0.4) is 0 Å². The predicted molar refractivity (Wildman–Crippen MR) is 152 cm³/mol. The van der Waals surface area contributed by atoms with E-state index < -0.39 is 23.2 Å². The zero-order valence-corrected chi connectivity index (χ0v) is 23.7. The predicted octanol–water partition coefficient (Wildman–Crippen LogP) is 4.75. The molecule has 0 bridgehead atoms. The van der Waals surface area contributed by atoms with Gasteiger partial charge in [-0.05, 0) is 90.2 Å². The van der Waals surface area contributed by atoms with E-state index in [4.69, 9.17) is 14.6 Å². The molecule has 4 heterocycles. The summed E-state index contributed by atoms with van der Waals surface area (Å²) in [6.07, 6.45) is 4.31. The maximum absolute atomic E-state index is 13.0. The van der Waals surface area contributed by atoms with Crippen LogP contribution in [0.4, 0.5) is 11.5 Å². The largest absolute Gasteiger partial charge is 0.458 e. The number of likely N-dealkylation sites (tertiary alicyclic amines) is 1. The van der Waals surface area contributed by atoms with Crippen LogP contribution < -0.4 is 10.9 Å². The lowest BCUT2D eigenvalue weighted by Crippen LogP contribution is -2.47. The van der Waals surface area contributed by atoms with Gasteiger partial charge in [0.15, 0.2) is 11.9 Å². The minimum absolute atomic E-state index is 0.0938. The van der Waals surface area contributed by atoms with E-state index in [1.54, 1.807) is 16.9 Å². The Hall–Kier alpha value is -3.68. The molecule has 0 amide bonds. The summed E-state index contributed by atoms with van der Waals surface area (Å²) in [5.74, 6) is -0.00607. The minimum atomic E-state index is -0.839. The lowest BCUT2D eigenvalue weighted by Gasteiger charge is -2.39. The standard InChI is InChI=1S/C30H38N6O4/c1-20(35-17-5-6-18-35)21-7-9-22(10-8-21)33-26-25-23(12-16-32-27(25)37)36(34-26)30(14-15-31)13-11-24(39-19-30)28(38)40-29(2,3)4/h7-10,12,16,20,24H,5-6,11,13-14,17-19H2,1-4H3,(H,32,37)(H,33,34)/t20-,24+,30+/m1/s1. The number of aromatic nitrogens is 3. The van der Waals surface area contributed by atoms with Crippen LogP contribution in [0, 0.1) is 11.3 Å². The Morgan fingerprint density at radius 2 is 2.00 bits per heavy atom. The molecule has 3 aromatic rings. The van der Waals surface area contributed by atoms with Gasteiger partial charge in [0.1, 0.15) is 11.0 Å². The fourth-order valence-corrected chi connectivity index (χ4v) is 5.74. The first-order valence-electron chi connectivity index (χ1n) is 14.0. The lowest BCUT2D eigenvalue weighted by molar-refractivity contribution is -0.176. The molecule has 1 aromatic carbocycles. The normalized spacial score (nSPS) is 22.6. The number of carbonyl (C=O) groups is 1. The quantitative estimate of drug-likeness (QED) is 0.407. The molecule has 3 atom stereocenters. The number of nitriles is 1. The van der Waals surface area contributed by atoms with Crippen molar-refractivity contribution in [3.05, 3.63) is 52.4 Å². The van der Waals surface area contributed by atoms with Crippen LogP contribution in [-0.4, -0.2) is 57.0 Å². The third kappa shape index (κ3) is 5.62.